The van der Waals surface area contributed by atoms with Crippen molar-refractivity contribution in [2.45, 2.75) is 32.2 Å². The summed E-state index contributed by atoms with van der Waals surface area (Å²) in [5.41, 5.74) is 0.363. The maximum absolute atomic E-state index is 13.9. The van der Waals surface area contributed by atoms with E-state index in [1.54, 1.807) is 0 Å². The molecule has 0 aromatic heterocycles. The zero-order valence-corrected chi connectivity index (χ0v) is 11.6. The van der Waals surface area contributed by atoms with Crippen molar-refractivity contribution >= 4 is 15.9 Å². The van der Waals surface area contributed by atoms with Crippen LogP contribution in [0.1, 0.15) is 25.3 Å². The van der Waals surface area contributed by atoms with Crippen LogP contribution in [0.15, 0.2) is 16.6 Å². The molecule has 1 atom stereocenters. The van der Waals surface area contributed by atoms with Gasteiger partial charge in [-0.15, -0.1) is 0 Å². The highest BCUT2D eigenvalue weighted by atomic mass is 79.9. The standard InChI is InChI=1S/C13H16BrF2N/c1-13(5-6-13)11(17-2)7-8-10(15)4-3-9(14)12(8)16/h3-4,11,17H,5-7H2,1-2H3. The highest BCUT2D eigenvalue weighted by Crippen LogP contribution is 2.49. The predicted octanol–water partition coefficient (Wildman–Crippen LogP) is 3.66. The van der Waals surface area contributed by atoms with Gasteiger partial charge in [0.1, 0.15) is 11.6 Å². The molecule has 1 unspecified atom stereocenters. The van der Waals surface area contributed by atoms with Gasteiger partial charge in [-0.05, 0) is 59.8 Å². The number of benzene rings is 1. The summed E-state index contributed by atoms with van der Waals surface area (Å²) in [6.07, 6.45) is 2.63. The predicted molar refractivity (Wildman–Crippen MR) is 68.0 cm³/mol. The second kappa shape index (κ2) is 4.65. The van der Waals surface area contributed by atoms with Crippen molar-refractivity contribution in [1.82, 2.24) is 5.32 Å². The van der Waals surface area contributed by atoms with Gasteiger partial charge in [0.2, 0.25) is 0 Å². The van der Waals surface area contributed by atoms with Gasteiger partial charge in [-0.2, -0.15) is 0 Å². The molecular formula is C13H16BrF2N. The number of hydrogen-bond acceptors (Lipinski definition) is 1. The fourth-order valence-electron chi connectivity index (χ4n) is 2.20. The molecule has 1 aliphatic carbocycles. The molecule has 0 saturated heterocycles. The van der Waals surface area contributed by atoms with E-state index in [1.807, 2.05) is 7.05 Å². The van der Waals surface area contributed by atoms with E-state index in [1.165, 1.54) is 12.1 Å². The van der Waals surface area contributed by atoms with E-state index in [4.69, 9.17) is 0 Å². The van der Waals surface area contributed by atoms with Gasteiger partial charge in [-0.3, -0.25) is 0 Å². The molecule has 4 heteroatoms. The number of rotatable bonds is 4. The van der Waals surface area contributed by atoms with E-state index >= 15 is 0 Å². The summed E-state index contributed by atoms with van der Waals surface area (Å²) in [5, 5.41) is 3.18. The van der Waals surface area contributed by atoms with Gasteiger partial charge >= 0.3 is 0 Å². The summed E-state index contributed by atoms with van der Waals surface area (Å²) in [4.78, 5) is 0. The van der Waals surface area contributed by atoms with E-state index in [2.05, 4.69) is 28.2 Å². The highest BCUT2D eigenvalue weighted by molar-refractivity contribution is 9.10. The monoisotopic (exact) mass is 303 g/mol. The molecule has 1 fully saturated rings. The molecule has 0 amide bonds. The van der Waals surface area contributed by atoms with Crippen LogP contribution in [-0.2, 0) is 6.42 Å². The van der Waals surface area contributed by atoms with Crippen LogP contribution in [-0.4, -0.2) is 13.1 Å². The first-order chi connectivity index (χ1) is 7.98. The third-order valence-corrected chi connectivity index (χ3v) is 4.39. The van der Waals surface area contributed by atoms with Gasteiger partial charge in [0.05, 0.1) is 4.47 Å². The third kappa shape index (κ3) is 2.52. The summed E-state index contributed by atoms with van der Waals surface area (Å²) in [6.45, 7) is 2.15. The van der Waals surface area contributed by atoms with Gasteiger partial charge in [-0.1, -0.05) is 6.92 Å². The van der Waals surface area contributed by atoms with Gasteiger partial charge < -0.3 is 5.32 Å². The topological polar surface area (TPSA) is 12.0 Å². The number of likely N-dealkylation sites (N-methyl/N-ethyl adjacent to an activating group) is 1. The van der Waals surface area contributed by atoms with Crippen molar-refractivity contribution in [2.75, 3.05) is 7.05 Å². The minimum atomic E-state index is -0.477. The van der Waals surface area contributed by atoms with Crippen LogP contribution in [0.2, 0.25) is 0 Å². The molecule has 0 aliphatic heterocycles. The molecule has 0 heterocycles. The molecular weight excluding hydrogens is 288 g/mol. The molecule has 94 valence electrons. The quantitative estimate of drug-likeness (QED) is 0.837. The van der Waals surface area contributed by atoms with Crippen LogP contribution >= 0.6 is 15.9 Å². The van der Waals surface area contributed by atoms with Crippen LogP contribution in [0.4, 0.5) is 8.78 Å². The molecule has 1 nitrogen and oxygen atoms in total. The normalized spacial score (nSPS) is 19.1. The van der Waals surface area contributed by atoms with Crippen molar-refractivity contribution in [3.8, 4) is 0 Å². The molecule has 0 bridgehead atoms. The Kier molecular flexibility index (Phi) is 3.55. The minimum Gasteiger partial charge on any atom is -0.316 e. The Bertz CT molecular complexity index is 430. The number of hydrogen-bond donors (Lipinski definition) is 1. The van der Waals surface area contributed by atoms with Crippen LogP contribution in [0.5, 0.6) is 0 Å². The maximum atomic E-state index is 13.9. The van der Waals surface area contributed by atoms with Crippen molar-refractivity contribution < 1.29 is 8.78 Å². The summed E-state index contributed by atoms with van der Waals surface area (Å²) < 4.78 is 27.8. The second-order valence-corrected chi connectivity index (χ2v) is 5.88. The summed E-state index contributed by atoms with van der Waals surface area (Å²) in [6, 6.07) is 2.84. The van der Waals surface area contributed by atoms with Gasteiger partial charge in [0.15, 0.2) is 0 Å². The summed E-state index contributed by atoms with van der Waals surface area (Å²) >= 11 is 3.10. The number of halogens is 3. The lowest BCUT2D eigenvalue weighted by Gasteiger charge is -2.23. The minimum absolute atomic E-state index is 0.126. The van der Waals surface area contributed by atoms with Gasteiger partial charge in [0, 0.05) is 11.6 Å². The Balaban J connectivity index is 2.26. The average molecular weight is 304 g/mol. The van der Waals surface area contributed by atoms with Crippen molar-refractivity contribution in [3.05, 3.63) is 33.8 Å². The molecule has 1 aliphatic rings. The Morgan fingerprint density at radius 1 is 1.41 bits per heavy atom. The van der Waals surface area contributed by atoms with Crippen LogP contribution in [0.25, 0.3) is 0 Å². The molecule has 1 aromatic carbocycles. The average Bonchev–Trinajstić information content (AvgIpc) is 3.03. The fraction of sp³-hybridized carbons (Fsp3) is 0.538. The molecule has 1 aromatic rings. The van der Waals surface area contributed by atoms with Crippen molar-refractivity contribution in [3.63, 3.8) is 0 Å². The Labute approximate surface area is 109 Å². The van der Waals surface area contributed by atoms with E-state index in [9.17, 15) is 8.78 Å². The smallest absolute Gasteiger partial charge is 0.143 e. The first-order valence-electron chi connectivity index (χ1n) is 5.77. The highest BCUT2D eigenvalue weighted by Gasteiger charge is 2.44. The first-order valence-corrected chi connectivity index (χ1v) is 6.57. The third-order valence-electron chi connectivity index (χ3n) is 3.78. The molecule has 0 spiro atoms. The summed E-state index contributed by atoms with van der Waals surface area (Å²) in [7, 11) is 1.85. The Morgan fingerprint density at radius 3 is 2.59 bits per heavy atom. The Morgan fingerprint density at radius 2 is 2.06 bits per heavy atom. The molecule has 2 rings (SSSR count). The van der Waals surface area contributed by atoms with E-state index in [-0.39, 0.29) is 17.0 Å². The lowest BCUT2D eigenvalue weighted by molar-refractivity contribution is 0.366. The first kappa shape index (κ1) is 13.0. The lowest BCUT2D eigenvalue weighted by Crippen LogP contribution is -2.36. The lowest BCUT2D eigenvalue weighted by atomic mass is 9.92. The Hall–Kier alpha value is -0.480. The zero-order valence-electron chi connectivity index (χ0n) is 9.99. The summed E-state index contributed by atoms with van der Waals surface area (Å²) in [5.74, 6) is -0.940. The SMILES string of the molecule is CNC(Cc1c(F)ccc(Br)c1F)C1(C)CC1. The fourth-order valence-corrected chi connectivity index (χ4v) is 2.57. The van der Waals surface area contributed by atoms with Crippen molar-refractivity contribution in [1.29, 1.82) is 0 Å². The maximum Gasteiger partial charge on any atom is 0.143 e. The van der Waals surface area contributed by atoms with Crippen LogP contribution in [0, 0.1) is 17.0 Å². The van der Waals surface area contributed by atoms with Crippen LogP contribution in [0.3, 0.4) is 0 Å². The number of nitrogens with one attached hydrogen (secondary N) is 1. The largest absolute Gasteiger partial charge is 0.316 e. The second-order valence-electron chi connectivity index (χ2n) is 5.02. The van der Waals surface area contributed by atoms with E-state index in [0.29, 0.717) is 10.9 Å². The van der Waals surface area contributed by atoms with Crippen LogP contribution < -0.4 is 5.32 Å². The van der Waals surface area contributed by atoms with E-state index in [0.717, 1.165) is 12.8 Å². The zero-order chi connectivity index (χ0) is 12.6. The van der Waals surface area contributed by atoms with E-state index < -0.39 is 11.6 Å². The van der Waals surface area contributed by atoms with Crippen molar-refractivity contribution in [2.24, 2.45) is 5.41 Å². The molecule has 1 saturated carbocycles. The molecule has 17 heavy (non-hydrogen) atoms. The van der Waals surface area contributed by atoms with Gasteiger partial charge in [-0.25, -0.2) is 8.78 Å². The molecule has 1 N–H and O–H groups in total. The molecule has 0 radical (unpaired) electrons. The van der Waals surface area contributed by atoms with Gasteiger partial charge in [0.25, 0.3) is 0 Å².